The standard InChI is InChI=1S/C10H11N5O2S/c1-6(10-12-4-5-18-10)13-8-3-2-7(15(16)17)9(11)14-8/h2-6H,1H3,(H3,11,13,14). The Labute approximate surface area is 107 Å². The van der Waals surface area contributed by atoms with Gasteiger partial charge >= 0.3 is 5.69 Å². The first-order valence-electron chi connectivity index (χ1n) is 5.14. The topological polar surface area (TPSA) is 107 Å². The van der Waals surface area contributed by atoms with Crippen LogP contribution in [0.4, 0.5) is 17.3 Å². The molecule has 3 N–H and O–H groups in total. The Morgan fingerprint density at radius 2 is 2.33 bits per heavy atom. The lowest BCUT2D eigenvalue weighted by Gasteiger charge is -2.11. The first-order chi connectivity index (χ1) is 8.58. The van der Waals surface area contributed by atoms with E-state index in [1.807, 2.05) is 12.3 Å². The van der Waals surface area contributed by atoms with Crippen LogP contribution in [0.5, 0.6) is 0 Å². The molecule has 2 heterocycles. The van der Waals surface area contributed by atoms with Crippen molar-refractivity contribution in [2.45, 2.75) is 13.0 Å². The summed E-state index contributed by atoms with van der Waals surface area (Å²) < 4.78 is 0. The zero-order chi connectivity index (χ0) is 13.1. The zero-order valence-corrected chi connectivity index (χ0v) is 10.3. The van der Waals surface area contributed by atoms with E-state index in [2.05, 4.69) is 15.3 Å². The number of anilines is 2. The van der Waals surface area contributed by atoms with Gasteiger partial charge < -0.3 is 11.1 Å². The molecule has 0 aromatic carbocycles. The van der Waals surface area contributed by atoms with E-state index in [0.29, 0.717) is 5.82 Å². The summed E-state index contributed by atoms with van der Waals surface area (Å²) in [4.78, 5) is 18.2. The molecular formula is C10H11N5O2S. The van der Waals surface area contributed by atoms with Gasteiger partial charge in [-0.25, -0.2) is 9.97 Å². The van der Waals surface area contributed by atoms with Gasteiger partial charge in [-0.1, -0.05) is 0 Å². The molecule has 2 aromatic heterocycles. The summed E-state index contributed by atoms with van der Waals surface area (Å²) in [5.41, 5.74) is 5.32. The molecule has 0 spiro atoms. The highest BCUT2D eigenvalue weighted by Crippen LogP contribution is 2.24. The third-order valence-electron chi connectivity index (χ3n) is 2.29. The number of nitro groups is 1. The maximum Gasteiger partial charge on any atom is 0.311 e. The minimum Gasteiger partial charge on any atom is -0.378 e. The molecule has 0 saturated heterocycles. The second-order valence-corrected chi connectivity index (χ2v) is 4.52. The third kappa shape index (κ3) is 2.54. The minimum absolute atomic E-state index is 0.0293. The molecule has 94 valence electrons. The number of nitrogens with two attached hydrogens (primary N) is 1. The van der Waals surface area contributed by atoms with Crippen molar-refractivity contribution in [1.29, 1.82) is 0 Å². The van der Waals surface area contributed by atoms with Crippen molar-refractivity contribution < 1.29 is 4.92 Å². The van der Waals surface area contributed by atoms with E-state index < -0.39 is 4.92 Å². The predicted molar refractivity (Wildman–Crippen MR) is 69.5 cm³/mol. The van der Waals surface area contributed by atoms with Gasteiger partial charge in [0.25, 0.3) is 0 Å². The summed E-state index contributed by atoms with van der Waals surface area (Å²) in [6, 6.07) is 2.83. The Morgan fingerprint density at radius 1 is 1.56 bits per heavy atom. The van der Waals surface area contributed by atoms with Crippen LogP contribution in [0.3, 0.4) is 0 Å². The van der Waals surface area contributed by atoms with Gasteiger partial charge in [-0.05, 0) is 13.0 Å². The maximum absolute atomic E-state index is 10.6. The van der Waals surface area contributed by atoms with Gasteiger partial charge in [-0.2, -0.15) is 0 Å². The lowest BCUT2D eigenvalue weighted by Crippen LogP contribution is -2.09. The minimum atomic E-state index is -0.559. The van der Waals surface area contributed by atoms with Crippen molar-refractivity contribution in [3.63, 3.8) is 0 Å². The summed E-state index contributed by atoms with van der Waals surface area (Å²) >= 11 is 1.52. The molecule has 0 aliphatic heterocycles. The summed E-state index contributed by atoms with van der Waals surface area (Å²) in [5, 5.41) is 16.5. The fourth-order valence-corrected chi connectivity index (χ4v) is 2.08. The summed E-state index contributed by atoms with van der Waals surface area (Å²) in [6.07, 6.45) is 1.72. The van der Waals surface area contributed by atoms with Crippen LogP contribution < -0.4 is 11.1 Å². The van der Waals surface area contributed by atoms with Crippen LogP contribution >= 0.6 is 11.3 Å². The number of hydrogen-bond acceptors (Lipinski definition) is 7. The summed E-state index contributed by atoms with van der Waals surface area (Å²) in [5.74, 6) is 0.386. The van der Waals surface area contributed by atoms with E-state index in [1.54, 1.807) is 6.20 Å². The van der Waals surface area contributed by atoms with E-state index in [1.165, 1.54) is 23.5 Å². The zero-order valence-electron chi connectivity index (χ0n) is 9.53. The molecule has 0 saturated carbocycles. The number of rotatable bonds is 4. The predicted octanol–water partition coefficient (Wildman–Crippen LogP) is 2.20. The number of hydrogen-bond donors (Lipinski definition) is 2. The number of nitrogens with zero attached hydrogens (tertiary/aromatic N) is 3. The Kier molecular flexibility index (Phi) is 3.38. The van der Waals surface area contributed by atoms with E-state index >= 15 is 0 Å². The number of thiazole rings is 1. The SMILES string of the molecule is CC(Nc1ccc([N+](=O)[O-])c(N)n1)c1nccs1. The van der Waals surface area contributed by atoms with E-state index in [4.69, 9.17) is 5.73 Å². The fraction of sp³-hybridized carbons (Fsp3) is 0.200. The highest BCUT2D eigenvalue weighted by molar-refractivity contribution is 7.09. The Morgan fingerprint density at radius 3 is 2.89 bits per heavy atom. The van der Waals surface area contributed by atoms with Crippen molar-refractivity contribution in [1.82, 2.24) is 9.97 Å². The van der Waals surface area contributed by atoms with Gasteiger partial charge in [0.05, 0.1) is 11.0 Å². The van der Waals surface area contributed by atoms with Gasteiger partial charge in [0.2, 0.25) is 5.82 Å². The largest absolute Gasteiger partial charge is 0.378 e. The molecule has 0 aliphatic rings. The van der Waals surface area contributed by atoms with Crippen molar-refractivity contribution >= 4 is 28.7 Å². The number of aromatic nitrogens is 2. The smallest absolute Gasteiger partial charge is 0.311 e. The van der Waals surface area contributed by atoms with Gasteiger partial charge in [0, 0.05) is 17.6 Å². The van der Waals surface area contributed by atoms with Crippen LogP contribution in [0, 0.1) is 10.1 Å². The monoisotopic (exact) mass is 265 g/mol. The molecule has 0 fully saturated rings. The van der Waals surface area contributed by atoms with Gasteiger partial charge in [-0.15, -0.1) is 11.3 Å². The fourth-order valence-electron chi connectivity index (χ4n) is 1.43. The van der Waals surface area contributed by atoms with Crippen molar-refractivity contribution in [3.05, 3.63) is 38.8 Å². The average Bonchev–Trinajstić information content (AvgIpc) is 2.81. The van der Waals surface area contributed by atoms with Gasteiger partial charge in [-0.3, -0.25) is 10.1 Å². The van der Waals surface area contributed by atoms with Crippen LogP contribution in [-0.4, -0.2) is 14.9 Å². The Bertz CT molecular complexity index is 557. The van der Waals surface area contributed by atoms with Crippen LogP contribution in [0.2, 0.25) is 0 Å². The number of nitrogen functional groups attached to an aromatic ring is 1. The first kappa shape index (κ1) is 12.2. The molecule has 0 amide bonds. The van der Waals surface area contributed by atoms with E-state index in [0.717, 1.165) is 5.01 Å². The second-order valence-electron chi connectivity index (χ2n) is 3.59. The molecule has 2 rings (SSSR count). The molecule has 2 aromatic rings. The first-order valence-corrected chi connectivity index (χ1v) is 6.02. The van der Waals surface area contributed by atoms with Crippen molar-refractivity contribution in [2.24, 2.45) is 0 Å². The average molecular weight is 265 g/mol. The Balaban J connectivity index is 2.15. The molecule has 8 heteroatoms. The molecule has 1 atom stereocenters. The normalized spacial score (nSPS) is 12.1. The lowest BCUT2D eigenvalue weighted by molar-refractivity contribution is -0.384. The summed E-state index contributed by atoms with van der Waals surface area (Å²) in [7, 11) is 0. The van der Waals surface area contributed by atoms with Crippen molar-refractivity contribution in [3.8, 4) is 0 Å². The molecule has 0 aliphatic carbocycles. The molecule has 7 nitrogen and oxygen atoms in total. The maximum atomic E-state index is 10.6. The Hall–Kier alpha value is -2.22. The van der Waals surface area contributed by atoms with Crippen LogP contribution in [0.25, 0.3) is 0 Å². The van der Waals surface area contributed by atoms with Gasteiger partial charge in [0.1, 0.15) is 10.8 Å². The third-order valence-corrected chi connectivity index (χ3v) is 3.24. The quantitative estimate of drug-likeness (QED) is 0.648. The highest BCUT2D eigenvalue weighted by atomic mass is 32.1. The molecule has 18 heavy (non-hydrogen) atoms. The van der Waals surface area contributed by atoms with Crippen LogP contribution in [0.1, 0.15) is 18.0 Å². The molecule has 0 radical (unpaired) electrons. The molecular weight excluding hydrogens is 254 g/mol. The van der Waals surface area contributed by atoms with Crippen molar-refractivity contribution in [2.75, 3.05) is 11.1 Å². The summed E-state index contributed by atoms with van der Waals surface area (Å²) in [6.45, 7) is 1.93. The van der Waals surface area contributed by atoms with Gasteiger partial charge in [0.15, 0.2) is 0 Å². The van der Waals surface area contributed by atoms with E-state index in [9.17, 15) is 10.1 Å². The molecule has 1 unspecified atom stereocenters. The van der Waals surface area contributed by atoms with E-state index in [-0.39, 0.29) is 17.5 Å². The van der Waals surface area contributed by atoms with Crippen LogP contribution in [0.15, 0.2) is 23.7 Å². The number of nitrogens with one attached hydrogen (secondary N) is 1. The molecule has 0 bridgehead atoms. The lowest BCUT2D eigenvalue weighted by atomic mass is 10.3. The second kappa shape index (κ2) is 4.96. The highest BCUT2D eigenvalue weighted by Gasteiger charge is 2.14. The van der Waals surface area contributed by atoms with Crippen LogP contribution in [-0.2, 0) is 0 Å². The number of pyridine rings is 1.